The highest BCUT2D eigenvalue weighted by Gasteiger charge is 2.47. The Hall–Kier alpha value is -1.77. The predicted octanol–water partition coefficient (Wildman–Crippen LogP) is 3.62. The highest BCUT2D eigenvalue weighted by molar-refractivity contribution is 5.67. The van der Waals surface area contributed by atoms with Gasteiger partial charge >= 0.3 is 6.09 Å². The third kappa shape index (κ3) is 1.84. The molecule has 3 rings (SSSR count). The topological polar surface area (TPSA) is 49.3 Å². The van der Waals surface area contributed by atoms with Crippen LogP contribution in [0.25, 0.3) is 0 Å². The van der Waals surface area contributed by atoms with Crippen molar-refractivity contribution in [1.82, 2.24) is 5.32 Å². The van der Waals surface area contributed by atoms with Crippen LogP contribution in [0.1, 0.15) is 43.2 Å². The van der Waals surface area contributed by atoms with Crippen LogP contribution >= 0.6 is 0 Å². The van der Waals surface area contributed by atoms with Crippen molar-refractivity contribution in [3.63, 3.8) is 0 Å². The summed E-state index contributed by atoms with van der Waals surface area (Å²) in [5.41, 5.74) is 2.04. The van der Waals surface area contributed by atoms with E-state index in [1.807, 2.05) is 12.1 Å². The Labute approximate surface area is 113 Å². The van der Waals surface area contributed by atoms with Gasteiger partial charge in [-0.25, -0.2) is 4.79 Å². The molecular weight excluding hydrogens is 238 g/mol. The van der Waals surface area contributed by atoms with E-state index in [1.54, 1.807) is 0 Å². The van der Waals surface area contributed by atoms with Crippen molar-refractivity contribution < 1.29 is 9.90 Å². The summed E-state index contributed by atoms with van der Waals surface area (Å²) in [6, 6.07) is 8.28. The van der Waals surface area contributed by atoms with Crippen molar-refractivity contribution in [2.75, 3.05) is 0 Å². The predicted molar refractivity (Wildman–Crippen MR) is 74.2 cm³/mol. The Morgan fingerprint density at radius 3 is 2.95 bits per heavy atom. The van der Waals surface area contributed by atoms with Crippen LogP contribution in [0.5, 0.6) is 0 Å². The number of benzene rings is 1. The molecule has 0 heterocycles. The van der Waals surface area contributed by atoms with Gasteiger partial charge < -0.3 is 10.4 Å². The number of rotatable bonds is 1. The minimum atomic E-state index is -0.926. The smallest absolute Gasteiger partial charge is 0.405 e. The lowest BCUT2D eigenvalue weighted by atomic mass is 9.62. The second-order valence-corrected chi connectivity index (χ2v) is 5.73. The summed E-state index contributed by atoms with van der Waals surface area (Å²) in [6.07, 6.45) is 6.13. The van der Waals surface area contributed by atoms with Gasteiger partial charge in [0.1, 0.15) is 0 Å². The maximum Gasteiger partial charge on any atom is 0.405 e. The summed E-state index contributed by atoms with van der Waals surface area (Å²) in [5, 5.41) is 12.1. The van der Waals surface area contributed by atoms with Crippen molar-refractivity contribution in [3.8, 4) is 0 Å². The summed E-state index contributed by atoms with van der Waals surface area (Å²) < 4.78 is 0. The number of amides is 1. The first kappa shape index (κ1) is 12.3. The van der Waals surface area contributed by atoms with E-state index in [9.17, 15) is 9.90 Å². The van der Waals surface area contributed by atoms with E-state index in [4.69, 9.17) is 0 Å². The van der Waals surface area contributed by atoms with Crippen molar-refractivity contribution in [3.05, 3.63) is 47.5 Å². The fourth-order valence-corrected chi connectivity index (χ4v) is 3.82. The second-order valence-electron chi connectivity index (χ2n) is 5.73. The molecule has 0 spiro atoms. The van der Waals surface area contributed by atoms with E-state index in [0.717, 1.165) is 19.3 Å². The van der Waals surface area contributed by atoms with E-state index >= 15 is 0 Å². The molecule has 100 valence electrons. The van der Waals surface area contributed by atoms with Crippen LogP contribution in [0.3, 0.4) is 0 Å². The molecule has 2 aliphatic carbocycles. The number of nitrogens with one attached hydrogen (secondary N) is 1. The zero-order valence-corrected chi connectivity index (χ0v) is 11.1. The van der Waals surface area contributed by atoms with Gasteiger partial charge in [0.15, 0.2) is 0 Å². The van der Waals surface area contributed by atoms with Crippen LogP contribution in [-0.2, 0) is 5.54 Å². The minimum Gasteiger partial charge on any atom is -0.465 e. The van der Waals surface area contributed by atoms with Gasteiger partial charge in [0.2, 0.25) is 0 Å². The molecule has 0 radical (unpaired) electrons. The summed E-state index contributed by atoms with van der Waals surface area (Å²) in [4.78, 5) is 11.3. The number of hydrogen-bond donors (Lipinski definition) is 2. The molecule has 1 amide bonds. The Balaban J connectivity index is 2.16. The van der Waals surface area contributed by atoms with E-state index in [2.05, 4.69) is 36.5 Å². The quantitative estimate of drug-likeness (QED) is 0.755. The van der Waals surface area contributed by atoms with Gasteiger partial charge in [0.05, 0.1) is 5.54 Å². The fourth-order valence-electron chi connectivity index (χ4n) is 3.82. The molecular formula is C16H19NO2. The molecule has 1 aromatic rings. The number of allylic oxidation sites excluding steroid dienone is 1. The van der Waals surface area contributed by atoms with Gasteiger partial charge in [-0.15, -0.1) is 0 Å². The largest absolute Gasteiger partial charge is 0.465 e. The van der Waals surface area contributed by atoms with E-state index in [1.165, 1.54) is 11.1 Å². The normalized spacial score (nSPS) is 32.3. The summed E-state index contributed by atoms with van der Waals surface area (Å²) in [5.74, 6) is 0.856. The number of carbonyl (C=O) groups is 1. The lowest BCUT2D eigenvalue weighted by molar-refractivity contribution is 0.135. The maximum atomic E-state index is 11.3. The van der Waals surface area contributed by atoms with Crippen molar-refractivity contribution in [1.29, 1.82) is 0 Å². The third-order valence-corrected chi connectivity index (χ3v) is 4.66. The van der Waals surface area contributed by atoms with E-state index < -0.39 is 11.6 Å². The first-order chi connectivity index (χ1) is 9.13. The Bertz CT molecular complexity index is 537. The Morgan fingerprint density at radius 1 is 1.37 bits per heavy atom. The van der Waals surface area contributed by atoms with Gasteiger partial charge in [0.25, 0.3) is 0 Å². The van der Waals surface area contributed by atoms with Gasteiger partial charge in [-0.3, -0.25) is 0 Å². The average Bonchev–Trinajstić information content (AvgIpc) is 2.40. The van der Waals surface area contributed by atoms with Crippen molar-refractivity contribution in [2.24, 2.45) is 5.92 Å². The van der Waals surface area contributed by atoms with Crippen LogP contribution in [0.4, 0.5) is 4.79 Å². The Kier molecular flexibility index (Phi) is 2.85. The number of carboxylic acid groups (broad SMARTS) is 1. The maximum absolute atomic E-state index is 11.3. The van der Waals surface area contributed by atoms with Crippen LogP contribution < -0.4 is 5.32 Å². The Morgan fingerprint density at radius 2 is 2.16 bits per heavy atom. The molecule has 0 saturated carbocycles. The zero-order chi connectivity index (χ0) is 13.5. The summed E-state index contributed by atoms with van der Waals surface area (Å²) >= 11 is 0. The molecule has 0 saturated heterocycles. The van der Waals surface area contributed by atoms with Crippen molar-refractivity contribution >= 4 is 6.09 Å². The van der Waals surface area contributed by atoms with Crippen LogP contribution in [0.15, 0.2) is 36.4 Å². The standard InChI is InChI=1S/C16H19NO2/c1-11-10-12-6-4-5-9-16(12,17-15(18)19)14-8-3-2-7-13(11)14/h2-5,7-8,11-12,17H,6,9-10H2,1H3,(H,18,19). The van der Waals surface area contributed by atoms with Crippen LogP contribution in [-0.4, -0.2) is 11.2 Å². The molecule has 3 atom stereocenters. The molecule has 3 heteroatoms. The van der Waals surface area contributed by atoms with Gasteiger partial charge in [-0.1, -0.05) is 43.3 Å². The van der Waals surface area contributed by atoms with Gasteiger partial charge in [-0.2, -0.15) is 0 Å². The molecule has 0 aliphatic heterocycles. The van der Waals surface area contributed by atoms with Gasteiger partial charge in [0, 0.05) is 0 Å². The van der Waals surface area contributed by atoms with Crippen molar-refractivity contribution in [2.45, 2.75) is 37.6 Å². The molecule has 1 aromatic carbocycles. The van der Waals surface area contributed by atoms with Crippen LogP contribution in [0, 0.1) is 5.92 Å². The minimum absolute atomic E-state index is 0.360. The first-order valence-electron chi connectivity index (χ1n) is 6.89. The number of fused-ring (bicyclic) bond motifs is 3. The van der Waals surface area contributed by atoms with E-state index in [0.29, 0.717) is 11.8 Å². The first-order valence-corrected chi connectivity index (χ1v) is 6.89. The monoisotopic (exact) mass is 257 g/mol. The third-order valence-electron chi connectivity index (χ3n) is 4.66. The SMILES string of the molecule is CC1CC2CC=CCC2(NC(=O)O)c2ccccc21. The lowest BCUT2D eigenvalue weighted by Gasteiger charge is -2.48. The molecule has 19 heavy (non-hydrogen) atoms. The fraction of sp³-hybridized carbons (Fsp3) is 0.438. The number of hydrogen-bond acceptors (Lipinski definition) is 1. The molecule has 2 N–H and O–H groups in total. The highest BCUT2D eigenvalue weighted by atomic mass is 16.4. The molecule has 3 nitrogen and oxygen atoms in total. The average molecular weight is 257 g/mol. The molecule has 0 fully saturated rings. The summed E-state index contributed by atoms with van der Waals surface area (Å²) in [7, 11) is 0. The van der Waals surface area contributed by atoms with E-state index in [-0.39, 0.29) is 0 Å². The zero-order valence-electron chi connectivity index (χ0n) is 11.1. The molecule has 0 bridgehead atoms. The molecule has 3 unspecified atom stereocenters. The van der Waals surface area contributed by atoms with Gasteiger partial charge in [-0.05, 0) is 42.2 Å². The second kappa shape index (κ2) is 4.41. The van der Waals surface area contributed by atoms with Crippen LogP contribution in [0.2, 0.25) is 0 Å². The summed E-state index contributed by atoms with van der Waals surface area (Å²) in [6.45, 7) is 2.24. The molecule has 2 aliphatic rings. The highest BCUT2D eigenvalue weighted by Crippen LogP contribution is 2.50. The molecule has 0 aromatic heterocycles. The lowest BCUT2D eigenvalue weighted by Crippen LogP contribution is -2.54.